The molecule has 7 nitrogen and oxygen atoms in total. The third-order valence-corrected chi connectivity index (χ3v) is 5.74. The van der Waals surface area contributed by atoms with Crippen LogP contribution in [0.1, 0.15) is 52.0 Å². The zero-order valence-corrected chi connectivity index (χ0v) is 17.1. The molecule has 0 saturated carbocycles. The van der Waals surface area contributed by atoms with Crippen LogP contribution >= 0.6 is 0 Å². The molecule has 1 aliphatic heterocycles. The van der Waals surface area contributed by atoms with Gasteiger partial charge in [0, 0.05) is 48.4 Å². The molecule has 2 aromatic carbocycles. The Kier molecular flexibility index (Phi) is 5.46. The second-order valence-corrected chi connectivity index (χ2v) is 7.81. The number of H-pyrrole nitrogens is 1. The Balaban J connectivity index is 1.50. The number of amides is 3. The largest absolute Gasteiger partial charge is 0.366 e. The molecule has 4 N–H and O–H groups in total. The number of primary amides is 1. The molecule has 4 rings (SSSR count). The van der Waals surface area contributed by atoms with Crippen molar-refractivity contribution in [3.8, 4) is 0 Å². The number of piperidine rings is 1. The number of halogens is 1. The molecule has 0 atom stereocenters. The van der Waals surface area contributed by atoms with Gasteiger partial charge in [-0.3, -0.25) is 14.4 Å². The summed E-state index contributed by atoms with van der Waals surface area (Å²) in [6.07, 6.45) is 3.37. The van der Waals surface area contributed by atoms with E-state index in [4.69, 9.17) is 5.73 Å². The number of carbonyl (C=O) groups excluding carboxylic acids is 3. The van der Waals surface area contributed by atoms with Gasteiger partial charge in [0.2, 0.25) is 11.8 Å². The quantitative estimate of drug-likeness (QED) is 0.600. The number of nitrogens with zero attached hydrogens (tertiary/aromatic N) is 1. The van der Waals surface area contributed by atoms with Crippen LogP contribution in [0, 0.1) is 5.82 Å². The van der Waals surface area contributed by atoms with Gasteiger partial charge in [-0.2, -0.15) is 0 Å². The van der Waals surface area contributed by atoms with Crippen LogP contribution in [0.25, 0.3) is 10.9 Å². The normalized spacial score (nSPS) is 14.6. The van der Waals surface area contributed by atoms with Gasteiger partial charge in [-0.1, -0.05) is 0 Å². The van der Waals surface area contributed by atoms with Crippen LogP contribution in [-0.2, 0) is 4.79 Å². The lowest BCUT2D eigenvalue weighted by atomic mass is 9.88. The highest BCUT2D eigenvalue weighted by Crippen LogP contribution is 2.34. The van der Waals surface area contributed by atoms with Crippen LogP contribution in [0.3, 0.4) is 0 Å². The van der Waals surface area contributed by atoms with Gasteiger partial charge in [0.15, 0.2) is 0 Å². The van der Waals surface area contributed by atoms with Crippen molar-refractivity contribution in [3.05, 3.63) is 65.1 Å². The number of nitrogens with two attached hydrogens (primary N) is 1. The number of aromatic nitrogens is 1. The number of fused-ring (bicyclic) bond motifs is 1. The van der Waals surface area contributed by atoms with Gasteiger partial charge in [-0.15, -0.1) is 0 Å². The van der Waals surface area contributed by atoms with E-state index >= 15 is 0 Å². The molecule has 1 aliphatic rings. The molecule has 2 heterocycles. The minimum atomic E-state index is -0.614. The zero-order chi connectivity index (χ0) is 22.1. The fourth-order valence-electron chi connectivity index (χ4n) is 4.17. The molecule has 0 unspecified atom stereocenters. The summed E-state index contributed by atoms with van der Waals surface area (Å²) in [7, 11) is 0. The molecule has 160 valence electrons. The first-order chi connectivity index (χ1) is 14.8. The lowest BCUT2D eigenvalue weighted by Crippen LogP contribution is -2.38. The lowest BCUT2D eigenvalue weighted by molar-refractivity contribution is -0.114. The third-order valence-electron chi connectivity index (χ3n) is 5.74. The molecule has 1 saturated heterocycles. The summed E-state index contributed by atoms with van der Waals surface area (Å²) in [5.41, 5.74) is 8.21. The summed E-state index contributed by atoms with van der Waals surface area (Å²) in [6, 6.07) is 9.31. The first kappa shape index (κ1) is 20.6. The number of hydrogen-bond acceptors (Lipinski definition) is 3. The van der Waals surface area contributed by atoms with E-state index in [2.05, 4.69) is 10.3 Å². The van der Waals surface area contributed by atoms with E-state index in [1.54, 1.807) is 17.0 Å². The average Bonchev–Trinajstić information content (AvgIpc) is 3.17. The van der Waals surface area contributed by atoms with E-state index in [1.165, 1.54) is 25.1 Å². The van der Waals surface area contributed by atoms with E-state index < -0.39 is 17.6 Å². The highest BCUT2D eigenvalue weighted by atomic mass is 19.1. The van der Waals surface area contributed by atoms with Crippen LogP contribution < -0.4 is 11.1 Å². The van der Waals surface area contributed by atoms with Crippen molar-refractivity contribution in [1.82, 2.24) is 9.88 Å². The summed E-state index contributed by atoms with van der Waals surface area (Å²) in [6.45, 7) is 2.32. The van der Waals surface area contributed by atoms with Crippen molar-refractivity contribution in [2.45, 2.75) is 25.7 Å². The van der Waals surface area contributed by atoms with E-state index in [0.29, 0.717) is 37.2 Å². The topological polar surface area (TPSA) is 108 Å². The average molecular weight is 422 g/mol. The number of anilines is 1. The van der Waals surface area contributed by atoms with Crippen LogP contribution in [0.2, 0.25) is 0 Å². The predicted molar refractivity (Wildman–Crippen MR) is 115 cm³/mol. The van der Waals surface area contributed by atoms with Gasteiger partial charge in [0.05, 0.1) is 5.56 Å². The van der Waals surface area contributed by atoms with E-state index in [-0.39, 0.29) is 17.4 Å². The van der Waals surface area contributed by atoms with Crippen LogP contribution in [0.15, 0.2) is 42.6 Å². The second-order valence-electron chi connectivity index (χ2n) is 7.81. The number of likely N-dealkylation sites (tertiary alicyclic amines) is 1. The molecule has 3 amide bonds. The number of hydrogen-bond donors (Lipinski definition) is 3. The first-order valence-electron chi connectivity index (χ1n) is 10.1. The number of carbonyl (C=O) groups is 3. The molecule has 0 spiro atoms. The number of nitrogens with one attached hydrogen (secondary N) is 2. The Morgan fingerprint density at radius 3 is 2.55 bits per heavy atom. The monoisotopic (exact) mass is 422 g/mol. The summed E-state index contributed by atoms with van der Waals surface area (Å²) >= 11 is 0. The Labute approximate surface area is 178 Å². The van der Waals surface area contributed by atoms with Gasteiger partial charge >= 0.3 is 0 Å². The number of aromatic amines is 1. The predicted octanol–water partition coefficient (Wildman–Crippen LogP) is 3.38. The van der Waals surface area contributed by atoms with Crippen LogP contribution in [0.4, 0.5) is 10.1 Å². The maximum Gasteiger partial charge on any atom is 0.256 e. The fraction of sp³-hybridized carbons (Fsp3) is 0.261. The van der Waals surface area contributed by atoms with Crippen molar-refractivity contribution in [2.75, 3.05) is 18.4 Å². The SMILES string of the molecule is CC(=O)Nc1ccc(F)c(C(=O)N2CCC(c3c[nH]c4ccc(C(N)=O)cc34)CC2)c1. The van der Waals surface area contributed by atoms with E-state index in [0.717, 1.165) is 16.5 Å². The number of benzene rings is 2. The maximum atomic E-state index is 14.3. The Morgan fingerprint density at radius 2 is 1.87 bits per heavy atom. The number of rotatable bonds is 4. The van der Waals surface area contributed by atoms with Crippen LogP contribution in [0.5, 0.6) is 0 Å². The standard InChI is InChI=1S/C23H23FN4O3/c1-13(29)27-16-3-4-20(24)18(11-16)23(31)28-8-6-14(7-9-28)19-12-26-21-5-2-15(22(25)30)10-17(19)21/h2-5,10-12,14,26H,6-9H2,1H3,(H2,25,30)(H,27,29). The Hall–Kier alpha value is -3.68. The molecule has 1 aromatic heterocycles. The fourth-order valence-corrected chi connectivity index (χ4v) is 4.17. The molecule has 0 aliphatic carbocycles. The maximum absolute atomic E-state index is 14.3. The summed E-state index contributed by atoms with van der Waals surface area (Å²) in [5, 5.41) is 3.53. The second kappa shape index (κ2) is 8.22. The molecule has 3 aromatic rings. The minimum Gasteiger partial charge on any atom is -0.366 e. The van der Waals surface area contributed by atoms with Gasteiger partial charge < -0.3 is 20.9 Å². The van der Waals surface area contributed by atoms with Crippen molar-refractivity contribution in [2.24, 2.45) is 5.73 Å². The summed E-state index contributed by atoms with van der Waals surface area (Å²) in [4.78, 5) is 40.5. The minimum absolute atomic E-state index is 0.0529. The van der Waals surface area contributed by atoms with Gasteiger partial charge in [-0.25, -0.2) is 4.39 Å². The molecular weight excluding hydrogens is 399 g/mol. The Morgan fingerprint density at radius 1 is 1.13 bits per heavy atom. The van der Waals surface area contributed by atoms with Crippen molar-refractivity contribution < 1.29 is 18.8 Å². The lowest BCUT2D eigenvalue weighted by Gasteiger charge is -2.32. The van der Waals surface area contributed by atoms with E-state index in [1.807, 2.05) is 12.3 Å². The highest BCUT2D eigenvalue weighted by molar-refractivity contribution is 5.98. The first-order valence-corrected chi connectivity index (χ1v) is 10.1. The Bertz CT molecular complexity index is 1180. The zero-order valence-electron chi connectivity index (χ0n) is 17.1. The van der Waals surface area contributed by atoms with Crippen molar-refractivity contribution in [3.63, 3.8) is 0 Å². The molecule has 8 heteroatoms. The highest BCUT2D eigenvalue weighted by Gasteiger charge is 2.27. The van der Waals surface area contributed by atoms with Gasteiger partial charge in [-0.05, 0) is 60.7 Å². The van der Waals surface area contributed by atoms with Crippen molar-refractivity contribution >= 4 is 34.3 Å². The molecule has 1 fully saturated rings. The molecular formula is C23H23FN4O3. The third kappa shape index (κ3) is 4.14. The molecule has 0 radical (unpaired) electrons. The molecule has 31 heavy (non-hydrogen) atoms. The van der Waals surface area contributed by atoms with Crippen molar-refractivity contribution in [1.29, 1.82) is 0 Å². The smallest absolute Gasteiger partial charge is 0.256 e. The van der Waals surface area contributed by atoms with Crippen LogP contribution in [-0.4, -0.2) is 40.7 Å². The van der Waals surface area contributed by atoms with E-state index in [9.17, 15) is 18.8 Å². The van der Waals surface area contributed by atoms with Gasteiger partial charge in [0.25, 0.3) is 5.91 Å². The summed E-state index contributed by atoms with van der Waals surface area (Å²) in [5.74, 6) is -1.56. The summed E-state index contributed by atoms with van der Waals surface area (Å²) < 4.78 is 14.3. The molecule has 0 bridgehead atoms. The van der Waals surface area contributed by atoms with Gasteiger partial charge in [0.1, 0.15) is 5.82 Å².